The van der Waals surface area contributed by atoms with Gasteiger partial charge in [0.1, 0.15) is 5.82 Å². The van der Waals surface area contributed by atoms with Gasteiger partial charge in [0.2, 0.25) is 0 Å². The Labute approximate surface area is 81.7 Å². The molecular formula is C9H8ClN3. The predicted octanol–water partition coefficient (Wildman–Crippen LogP) is 2.12. The molecule has 4 heteroatoms. The summed E-state index contributed by atoms with van der Waals surface area (Å²) in [7, 11) is 0. The molecule has 0 aliphatic rings. The van der Waals surface area contributed by atoms with E-state index in [1.54, 1.807) is 18.3 Å². The maximum atomic E-state index is 8.59. The smallest absolute Gasteiger partial charge is 0.127 e. The van der Waals surface area contributed by atoms with E-state index in [0.717, 1.165) is 0 Å². The predicted molar refractivity (Wildman–Crippen MR) is 52.4 cm³/mol. The zero-order valence-corrected chi connectivity index (χ0v) is 7.67. The van der Waals surface area contributed by atoms with Gasteiger partial charge >= 0.3 is 0 Å². The van der Waals surface area contributed by atoms with Crippen molar-refractivity contribution in [3.63, 3.8) is 0 Å². The minimum atomic E-state index is 0.448. The summed E-state index contributed by atoms with van der Waals surface area (Å²) >= 11 is 5.55. The second-order valence-electron chi connectivity index (χ2n) is 2.41. The highest BCUT2D eigenvalue weighted by Crippen LogP contribution is 2.06. The molecule has 0 saturated carbocycles. The van der Waals surface area contributed by atoms with Crippen LogP contribution in [0.4, 0.5) is 5.82 Å². The fourth-order valence-electron chi connectivity index (χ4n) is 0.783. The fourth-order valence-corrected chi connectivity index (χ4v) is 0.850. The summed E-state index contributed by atoms with van der Waals surface area (Å²) in [5.74, 6) is 0.626. The lowest BCUT2D eigenvalue weighted by atomic mass is 10.3. The first-order chi connectivity index (χ1) is 6.22. The highest BCUT2D eigenvalue weighted by molar-refractivity contribution is 6.29. The molecule has 0 spiro atoms. The van der Waals surface area contributed by atoms with Crippen molar-refractivity contribution in [3.05, 3.63) is 35.5 Å². The van der Waals surface area contributed by atoms with E-state index in [1.165, 1.54) is 0 Å². The molecule has 1 aromatic heterocycles. The maximum Gasteiger partial charge on any atom is 0.127 e. The van der Waals surface area contributed by atoms with E-state index in [1.807, 2.05) is 6.07 Å². The largest absolute Gasteiger partial charge is 0.365 e. The van der Waals surface area contributed by atoms with Gasteiger partial charge in [-0.1, -0.05) is 18.2 Å². The Morgan fingerprint density at radius 2 is 2.54 bits per heavy atom. The van der Waals surface area contributed by atoms with Crippen molar-refractivity contribution in [1.82, 2.24) is 4.98 Å². The van der Waals surface area contributed by atoms with Gasteiger partial charge in [-0.3, -0.25) is 0 Å². The van der Waals surface area contributed by atoms with Gasteiger partial charge in [0, 0.05) is 11.2 Å². The third-order valence-electron chi connectivity index (χ3n) is 1.35. The average Bonchev–Trinajstić information content (AvgIpc) is 2.15. The Kier molecular flexibility index (Phi) is 3.30. The average molecular weight is 194 g/mol. The van der Waals surface area contributed by atoms with Gasteiger partial charge in [-0.2, -0.15) is 5.26 Å². The van der Waals surface area contributed by atoms with Crippen molar-refractivity contribution in [3.8, 4) is 6.07 Å². The van der Waals surface area contributed by atoms with E-state index >= 15 is 0 Å². The number of hydrogen-bond acceptors (Lipinski definition) is 3. The normalized spacial score (nSPS) is 8.92. The third kappa shape index (κ3) is 3.14. The molecule has 0 bridgehead atoms. The number of nitrogens with one attached hydrogen (secondary N) is 1. The molecule has 0 amide bonds. The first-order valence-electron chi connectivity index (χ1n) is 3.65. The molecule has 0 unspecified atom stereocenters. The Balaban J connectivity index is 2.68. The highest BCUT2D eigenvalue weighted by atomic mass is 35.5. The molecule has 0 radical (unpaired) electrons. The second kappa shape index (κ2) is 4.48. The van der Waals surface area contributed by atoms with Crippen molar-refractivity contribution >= 4 is 17.4 Å². The van der Waals surface area contributed by atoms with E-state index in [4.69, 9.17) is 16.9 Å². The quantitative estimate of drug-likeness (QED) is 0.800. The minimum Gasteiger partial charge on any atom is -0.365 e. The summed E-state index contributed by atoms with van der Waals surface area (Å²) < 4.78 is 0. The van der Waals surface area contributed by atoms with E-state index in [9.17, 15) is 0 Å². The van der Waals surface area contributed by atoms with Crippen LogP contribution < -0.4 is 5.32 Å². The third-order valence-corrected chi connectivity index (χ3v) is 1.48. The summed E-state index contributed by atoms with van der Waals surface area (Å²) in [6.07, 6.45) is 1.57. The zero-order valence-electron chi connectivity index (χ0n) is 6.92. The second-order valence-corrected chi connectivity index (χ2v) is 2.95. The van der Waals surface area contributed by atoms with Crippen LogP contribution in [-0.2, 0) is 0 Å². The molecule has 13 heavy (non-hydrogen) atoms. The van der Waals surface area contributed by atoms with E-state index < -0.39 is 0 Å². The van der Waals surface area contributed by atoms with Crippen LogP contribution in [0.15, 0.2) is 29.9 Å². The Bertz CT molecular complexity index is 354. The number of aromatic nitrogens is 1. The lowest BCUT2D eigenvalue weighted by Crippen LogP contribution is -2.02. The number of nitrogens with zero attached hydrogens (tertiary/aromatic N) is 2. The van der Waals surface area contributed by atoms with Gasteiger partial charge in [0.25, 0.3) is 0 Å². The molecule has 1 heterocycles. The molecule has 3 nitrogen and oxygen atoms in total. The number of anilines is 1. The van der Waals surface area contributed by atoms with Crippen LogP contribution >= 0.6 is 11.6 Å². The molecular weight excluding hydrogens is 186 g/mol. The van der Waals surface area contributed by atoms with Crippen LogP contribution in [-0.4, -0.2) is 11.5 Å². The minimum absolute atomic E-state index is 0.448. The van der Waals surface area contributed by atoms with Crippen LogP contribution in [0.3, 0.4) is 0 Å². The van der Waals surface area contributed by atoms with Crippen molar-refractivity contribution in [2.24, 2.45) is 0 Å². The van der Waals surface area contributed by atoms with Crippen LogP contribution in [0.25, 0.3) is 0 Å². The van der Waals surface area contributed by atoms with Crippen molar-refractivity contribution < 1.29 is 0 Å². The monoisotopic (exact) mass is 193 g/mol. The Morgan fingerprint density at radius 3 is 3.15 bits per heavy atom. The van der Waals surface area contributed by atoms with E-state index in [0.29, 0.717) is 23.0 Å². The van der Waals surface area contributed by atoms with Gasteiger partial charge in [-0.15, -0.1) is 0 Å². The summed E-state index contributed by atoms with van der Waals surface area (Å²) in [6.45, 7) is 3.97. The molecule has 0 atom stereocenters. The van der Waals surface area contributed by atoms with Crippen molar-refractivity contribution in [2.75, 3.05) is 11.9 Å². The molecule has 0 fully saturated rings. The first-order valence-corrected chi connectivity index (χ1v) is 4.03. The number of rotatable bonds is 3. The lowest BCUT2D eigenvalue weighted by molar-refractivity contribution is 1.21. The van der Waals surface area contributed by atoms with Gasteiger partial charge in [0.15, 0.2) is 0 Å². The first kappa shape index (κ1) is 9.56. The summed E-state index contributed by atoms with van der Waals surface area (Å²) in [5.41, 5.74) is 0.567. The van der Waals surface area contributed by atoms with Crippen LogP contribution in [0.1, 0.15) is 5.56 Å². The van der Waals surface area contributed by atoms with Crippen LogP contribution in [0.2, 0.25) is 0 Å². The van der Waals surface area contributed by atoms with Gasteiger partial charge < -0.3 is 5.32 Å². The lowest BCUT2D eigenvalue weighted by Gasteiger charge is -2.02. The number of halogens is 1. The number of nitriles is 1. The molecule has 66 valence electrons. The van der Waals surface area contributed by atoms with Gasteiger partial charge in [0.05, 0.1) is 18.2 Å². The highest BCUT2D eigenvalue weighted by Gasteiger charge is 1.95. The Hall–Kier alpha value is -1.53. The summed E-state index contributed by atoms with van der Waals surface area (Å²) in [6, 6.07) is 5.31. The van der Waals surface area contributed by atoms with Gasteiger partial charge in [-0.25, -0.2) is 4.98 Å². The van der Waals surface area contributed by atoms with Crippen molar-refractivity contribution in [2.45, 2.75) is 0 Å². The number of pyridine rings is 1. The van der Waals surface area contributed by atoms with Crippen LogP contribution in [0.5, 0.6) is 0 Å². The maximum absolute atomic E-state index is 8.59. The zero-order chi connectivity index (χ0) is 9.68. The number of hydrogen-bond donors (Lipinski definition) is 1. The molecule has 0 aliphatic carbocycles. The molecule has 1 N–H and O–H groups in total. The van der Waals surface area contributed by atoms with E-state index in [-0.39, 0.29) is 0 Å². The topological polar surface area (TPSA) is 48.7 Å². The standard InChI is InChI=1S/C9H8ClN3/c1-7(10)6-13-9-4-8(5-11)2-3-12-9/h2-4H,1,6H2,(H,12,13). The molecule has 0 aliphatic heterocycles. The van der Waals surface area contributed by atoms with Crippen molar-refractivity contribution in [1.29, 1.82) is 5.26 Å². The summed E-state index contributed by atoms with van der Waals surface area (Å²) in [5, 5.41) is 12.0. The van der Waals surface area contributed by atoms with Gasteiger partial charge in [-0.05, 0) is 12.1 Å². The molecule has 0 saturated heterocycles. The molecule has 1 aromatic rings. The molecule has 0 aromatic carbocycles. The molecule has 1 rings (SSSR count). The fraction of sp³-hybridized carbons (Fsp3) is 0.111. The summed E-state index contributed by atoms with van der Waals surface area (Å²) in [4.78, 5) is 4.00. The Morgan fingerprint density at radius 1 is 1.77 bits per heavy atom. The van der Waals surface area contributed by atoms with E-state index in [2.05, 4.69) is 16.9 Å². The SMILES string of the molecule is C=C(Cl)CNc1cc(C#N)ccn1. The van der Waals surface area contributed by atoms with Crippen LogP contribution in [0, 0.1) is 11.3 Å².